The van der Waals surface area contributed by atoms with Crippen LogP contribution in [0.1, 0.15) is 18.4 Å². The Balaban J connectivity index is 2.12. The highest BCUT2D eigenvalue weighted by molar-refractivity contribution is 9.08. The second kappa shape index (κ2) is 6.02. The minimum absolute atomic E-state index is 0.112. The van der Waals surface area contributed by atoms with Crippen LogP contribution in [-0.4, -0.2) is 38.1 Å². The molecule has 0 bridgehead atoms. The number of anilines is 1. The summed E-state index contributed by atoms with van der Waals surface area (Å²) in [4.78, 5) is 4.59. The molecule has 1 saturated heterocycles. The molecule has 0 aliphatic carbocycles. The van der Waals surface area contributed by atoms with E-state index < -0.39 is 0 Å². The van der Waals surface area contributed by atoms with Crippen molar-refractivity contribution >= 4 is 21.6 Å². The van der Waals surface area contributed by atoms with Gasteiger partial charge in [0.05, 0.1) is 0 Å². The third-order valence-electron chi connectivity index (χ3n) is 3.76. The zero-order chi connectivity index (χ0) is 13.1. The normalized spacial score (nSPS) is 17.5. The highest BCUT2D eigenvalue weighted by Crippen LogP contribution is 2.28. The Morgan fingerprint density at radius 3 is 2.56 bits per heavy atom. The van der Waals surface area contributed by atoms with E-state index in [4.69, 9.17) is 0 Å². The van der Waals surface area contributed by atoms with Gasteiger partial charge in [-0.2, -0.15) is 0 Å². The van der Waals surface area contributed by atoms with E-state index in [1.807, 2.05) is 6.07 Å². The van der Waals surface area contributed by atoms with Crippen LogP contribution in [0.25, 0.3) is 0 Å². The highest BCUT2D eigenvalue weighted by Gasteiger charge is 2.22. The first-order chi connectivity index (χ1) is 8.63. The fourth-order valence-corrected chi connectivity index (χ4v) is 3.15. The van der Waals surface area contributed by atoms with Crippen LogP contribution in [0.2, 0.25) is 0 Å². The largest absolute Gasteiger partial charge is 0.371 e. The summed E-state index contributed by atoms with van der Waals surface area (Å²) in [5.74, 6) is -0.112. The van der Waals surface area contributed by atoms with Crippen molar-refractivity contribution in [3.05, 3.63) is 29.6 Å². The third-order valence-corrected chi connectivity index (χ3v) is 4.32. The van der Waals surface area contributed by atoms with Crippen LogP contribution in [0.5, 0.6) is 0 Å². The SMILES string of the molecule is CN(C)C1CCN(c2cccc(F)c2CBr)CC1. The molecule has 100 valence electrons. The van der Waals surface area contributed by atoms with Gasteiger partial charge in [0.15, 0.2) is 0 Å². The fourth-order valence-electron chi connectivity index (χ4n) is 2.60. The lowest BCUT2D eigenvalue weighted by Gasteiger charge is -2.37. The number of nitrogens with zero attached hydrogens (tertiary/aromatic N) is 2. The maximum absolute atomic E-state index is 13.7. The van der Waals surface area contributed by atoms with Crippen LogP contribution in [0.4, 0.5) is 10.1 Å². The topological polar surface area (TPSA) is 6.48 Å². The number of alkyl halides is 1. The fraction of sp³-hybridized carbons (Fsp3) is 0.571. The number of benzene rings is 1. The van der Waals surface area contributed by atoms with E-state index in [0.717, 1.165) is 37.2 Å². The second-order valence-electron chi connectivity index (χ2n) is 5.05. The zero-order valence-corrected chi connectivity index (χ0v) is 12.6. The van der Waals surface area contributed by atoms with Crippen LogP contribution in [0.3, 0.4) is 0 Å². The lowest BCUT2D eigenvalue weighted by Crippen LogP contribution is -2.42. The molecule has 0 atom stereocenters. The number of halogens is 2. The zero-order valence-electron chi connectivity index (χ0n) is 11.0. The Morgan fingerprint density at radius 2 is 2.00 bits per heavy atom. The Hall–Kier alpha value is -0.610. The van der Waals surface area contributed by atoms with Gasteiger partial charge in [-0.15, -0.1) is 0 Å². The molecule has 18 heavy (non-hydrogen) atoms. The summed E-state index contributed by atoms with van der Waals surface area (Å²) in [5.41, 5.74) is 1.82. The smallest absolute Gasteiger partial charge is 0.129 e. The molecule has 4 heteroatoms. The van der Waals surface area contributed by atoms with Crippen LogP contribution >= 0.6 is 15.9 Å². The average Bonchev–Trinajstić information content (AvgIpc) is 2.38. The van der Waals surface area contributed by atoms with Crippen molar-refractivity contribution in [1.82, 2.24) is 4.90 Å². The summed E-state index contributed by atoms with van der Waals surface area (Å²) in [6.07, 6.45) is 2.29. The van der Waals surface area contributed by atoms with Gasteiger partial charge >= 0.3 is 0 Å². The van der Waals surface area contributed by atoms with E-state index in [2.05, 4.69) is 39.8 Å². The first-order valence-corrected chi connectivity index (χ1v) is 7.50. The van der Waals surface area contributed by atoms with Gasteiger partial charge in [0.1, 0.15) is 5.82 Å². The third kappa shape index (κ3) is 2.86. The van der Waals surface area contributed by atoms with Crippen molar-refractivity contribution in [2.24, 2.45) is 0 Å². The van der Waals surface area contributed by atoms with E-state index in [0.29, 0.717) is 11.4 Å². The molecule has 0 N–H and O–H groups in total. The van der Waals surface area contributed by atoms with Crippen molar-refractivity contribution in [1.29, 1.82) is 0 Å². The standard InChI is InChI=1S/C14H20BrFN2/c1-17(2)11-6-8-18(9-7-11)14-5-3-4-13(16)12(14)10-15/h3-5,11H,6-10H2,1-2H3. The molecule has 2 rings (SSSR count). The minimum atomic E-state index is -0.112. The molecule has 0 unspecified atom stereocenters. The highest BCUT2D eigenvalue weighted by atomic mass is 79.9. The molecule has 1 aliphatic rings. The molecular formula is C14H20BrFN2. The number of hydrogen-bond donors (Lipinski definition) is 0. The van der Waals surface area contributed by atoms with Gasteiger partial charge in [-0.25, -0.2) is 4.39 Å². The van der Waals surface area contributed by atoms with E-state index in [1.165, 1.54) is 6.07 Å². The monoisotopic (exact) mass is 314 g/mol. The van der Waals surface area contributed by atoms with Gasteiger partial charge in [-0.1, -0.05) is 22.0 Å². The van der Waals surface area contributed by atoms with Crippen LogP contribution in [0, 0.1) is 5.82 Å². The molecule has 1 aliphatic heterocycles. The van der Waals surface area contributed by atoms with Crippen LogP contribution in [-0.2, 0) is 5.33 Å². The number of piperidine rings is 1. The minimum Gasteiger partial charge on any atom is -0.371 e. The van der Waals surface area contributed by atoms with Crippen LogP contribution in [0.15, 0.2) is 18.2 Å². The Labute approximate surface area is 117 Å². The first-order valence-electron chi connectivity index (χ1n) is 6.38. The predicted molar refractivity (Wildman–Crippen MR) is 78.0 cm³/mol. The van der Waals surface area contributed by atoms with Crippen molar-refractivity contribution in [3.8, 4) is 0 Å². The second-order valence-corrected chi connectivity index (χ2v) is 5.61. The van der Waals surface area contributed by atoms with Crippen molar-refractivity contribution in [2.45, 2.75) is 24.2 Å². The van der Waals surface area contributed by atoms with Crippen molar-refractivity contribution < 1.29 is 4.39 Å². The lowest BCUT2D eigenvalue weighted by molar-refractivity contribution is 0.249. The Bertz CT molecular complexity index is 401. The predicted octanol–water partition coefficient (Wildman–Crippen LogP) is 3.25. The summed E-state index contributed by atoms with van der Waals surface area (Å²) in [5, 5.41) is 0.572. The van der Waals surface area contributed by atoms with Gasteiger partial charge in [-0.05, 0) is 39.1 Å². The molecule has 2 nitrogen and oxygen atoms in total. The maximum Gasteiger partial charge on any atom is 0.129 e. The van der Waals surface area contributed by atoms with Gasteiger partial charge < -0.3 is 9.80 Å². The van der Waals surface area contributed by atoms with Gasteiger partial charge in [0.2, 0.25) is 0 Å². The molecule has 1 aromatic rings. The number of hydrogen-bond acceptors (Lipinski definition) is 2. The molecule has 0 saturated carbocycles. The van der Waals surface area contributed by atoms with Gasteiger partial charge in [-0.3, -0.25) is 0 Å². The van der Waals surface area contributed by atoms with E-state index in [9.17, 15) is 4.39 Å². The molecule has 0 radical (unpaired) electrons. The molecule has 0 aromatic heterocycles. The molecular weight excluding hydrogens is 295 g/mol. The van der Waals surface area contributed by atoms with E-state index in [-0.39, 0.29) is 5.82 Å². The summed E-state index contributed by atoms with van der Waals surface area (Å²) in [6, 6.07) is 6.01. The molecule has 1 fully saturated rings. The average molecular weight is 315 g/mol. The summed E-state index contributed by atoms with van der Waals surface area (Å²) in [6.45, 7) is 2.01. The first kappa shape index (κ1) is 13.8. The molecule has 0 amide bonds. The van der Waals surface area contributed by atoms with E-state index in [1.54, 1.807) is 6.07 Å². The van der Waals surface area contributed by atoms with Gasteiger partial charge in [0, 0.05) is 35.7 Å². The quantitative estimate of drug-likeness (QED) is 0.790. The van der Waals surface area contributed by atoms with Crippen LogP contribution < -0.4 is 4.90 Å². The van der Waals surface area contributed by atoms with E-state index >= 15 is 0 Å². The molecule has 1 heterocycles. The summed E-state index contributed by atoms with van der Waals surface area (Å²) < 4.78 is 13.7. The summed E-state index contributed by atoms with van der Waals surface area (Å²) >= 11 is 3.39. The molecule has 1 aromatic carbocycles. The Morgan fingerprint density at radius 1 is 1.33 bits per heavy atom. The lowest BCUT2D eigenvalue weighted by atomic mass is 10.0. The summed E-state index contributed by atoms with van der Waals surface area (Å²) in [7, 11) is 4.26. The Kier molecular flexibility index (Phi) is 4.62. The maximum atomic E-state index is 13.7. The van der Waals surface area contributed by atoms with Crippen molar-refractivity contribution in [2.75, 3.05) is 32.1 Å². The van der Waals surface area contributed by atoms with Gasteiger partial charge in [0.25, 0.3) is 0 Å². The van der Waals surface area contributed by atoms with Crippen molar-refractivity contribution in [3.63, 3.8) is 0 Å². The number of rotatable bonds is 3. The molecule has 0 spiro atoms.